The highest BCUT2D eigenvalue weighted by atomic mass is 32.1. The summed E-state index contributed by atoms with van der Waals surface area (Å²) in [6.07, 6.45) is -0.294. The molecule has 1 heterocycles. The Labute approximate surface area is 121 Å². The summed E-state index contributed by atoms with van der Waals surface area (Å²) < 4.78 is 0. The smallest absolute Gasteiger partial charge is 0.0985 e. The Morgan fingerprint density at radius 3 is 2.26 bits per heavy atom. The van der Waals surface area contributed by atoms with Gasteiger partial charge >= 0.3 is 0 Å². The summed E-state index contributed by atoms with van der Waals surface area (Å²) in [5, 5.41) is 14.4. The fourth-order valence-electron chi connectivity index (χ4n) is 1.76. The number of rotatable bonds is 5. The Kier molecular flexibility index (Phi) is 5.53. The zero-order valence-electron chi connectivity index (χ0n) is 13.2. The normalized spacial score (nSPS) is 15.8. The molecule has 1 aromatic rings. The van der Waals surface area contributed by atoms with E-state index in [2.05, 4.69) is 44.9 Å². The van der Waals surface area contributed by atoms with Crippen molar-refractivity contribution in [3.63, 3.8) is 0 Å². The van der Waals surface area contributed by atoms with Gasteiger partial charge in [-0.15, -0.1) is 11.3 Å². The summed E-state index contributed by atoms with van der Waals surface area (Å²) >= 11 is 1.78. The Bertz CT molecular complexity index is 407. The molecule has 0 fully saturated rings. The highest BCUT2D eigenvalue weighted by molar-refractivity contribution is 7.12. The van der Waals surface area contributed by atoms with Crippen LogP contribution in [0, 0.1) is 12.8 Å². The molecule has 2 atom stereocenters. The second kappa shape index (κ2) is 6.33. The van der Waals surface area contributed by atoms with Crippen LogP contribution in [0.4, 0.5) is 0 Å². The van der Waals surface area contributed by atoms with Gasteiger partial charge in [0, 0.05) is 22.9 Å². The van der Waals surface area contributed by atoms with Gasteiger partial charge in [-0.05, 0) is 19.8 Å². The van der Waals surface area contributed by atoms with Crippen LogP contribution in [0.1, 0.15) is 63.2 Å². The lowest BCUT2D eigenvalue weighted by Gasteiger charge is -2.19. The van der Waals surface area contributed by atoms with Crippen molar-refractivity contribution in [3.05, 3.63) is 15.6 Å². The molecule has 0 saturated heterocycles. The number of aryl methyl sites for hydroxylation is 1. The SMILES string of the molecule is Cc1nc(C(C)(C)C)sc1C(C)NCC(O)C(C)C. The van der Waals surface area contributed by atoms with Gasteiger partial charge in [-0.3, -0.25) is 0 Å². The molecule has 0 amide bonds. The number of nitrogens with zero attached hydrogens (tertiary/aromatic N) is 1. The van der Waals surface area contributed by atoms with Crippen molar-refractivity contribution in [2.45, 2.75) is 66.0 Å². The molecule has 1 rings (SSSR count). The number of hydrogen-bond acceptors (Lipinski definition) is 4. The third-order valence-corrected chi connectivity index (χ3v) is 5.04. The van der Waals surface area contributed by atoms with Crippen molar-refractivity contribution >= 4 is 11.3 Å². The fraction of sp³-hybridized carbons (Fsp3) is 0.800. The molecular weight excluding hydrogens is 256 g/mol. The van der Waals surface area contributed by atoms with Crippen LogP contribution >= 0.6 is 11.3 Å². The van der Waals surface area contributed by atoms with E-state index >= 15 is 0 Å². The van der Waals surface area contributed by atoms with Crippen LogP contribution in [0.3, 0.4) is 0 Å². The molecule has 0 aromatic carbocycles. The zero-order chi connectivity index (χ0) is 14.8. The van der Waals surface area contributed by atoms with E-state index in [4.69, 9.17) is 0 Å². The molecule has 2 unspecified atom stereocenters. The second-order valence-corrected chi connectivity index (χ2v) is 7.69. The highest BCUT2D eigenvalue weighted by Crippen LogP contribution is 2.32. The molecule has 0 spiro atoms. The topological polar surface area (TPSA) is 45.2 Å². The highest BCUT2D eigenvalue weighted by Gasteiger charge is 2.22. The van der Waals surface area contributed by atoms with Gasteiger partial charge in [0.1, 0.15) is 0 Å². The predicted molar refractivity (Wildman–Crippen MR) is 82.8 cm³/mol. The van der Waals surface area contributed by atoms with Gasteiger partial charge in [0.05, 0.1) is 16.8 Å². The number of aliphatic hydroxyl groups excluding tert-OH is 1. The molecule has 1 aromatic heterocycles. The molecule has 0 radical (unpaired) electrons. The molecule has 110 valence electrons. The van der Waals surface area contributed by atoms with E-state index in [-0.39, 0.29) is 23.5 Å². The van der Waals surface area contributed by atoms with Gasteiger partial charge in [0.2, 0.25) is 0 Å². The Hall–Kier alpha value is -0.450. The summed E-state index contributed by atoms with van der Waals surface area (Å²) in [6, 6.07) is 0.238. The molecule has 0 saturated carbocycles. The average Bonchev–Trinajstić information content (AvgIpc) is 2.67. The second-order valence-electron chi connectivity index (χ2n) is 6.66. The first-order valence-electron chi connectivity index (χ1n) is 7.02. The maximum atomic E-state index is 9.85. The van der Waals surface area contributed by atoms with E-state index in [9.17, 15) is 5.11 Å². The van der Waals surface area contributed by atoms with Crippen LogP contribution in [-0.2, 0) is 5.41 Å². The maximum Gasteiger partial charge on any atom is 0.0985 e. The van der Waals surface area contributed by atoms with Crippen molar-refractivity contribution in [3.8, 4) is 0 Å². The standard InChI is InChI=1S/C15H28N2OS/c1-9(2)12(18)8-16-10(3)13-11(4)17-14(19-13)15(5,6)7/h9-10,12,16,18H,8H2,1-7H3. The Morgan fingerprint density at radius 1 is 1.26 bits per heavy atom. The summed E-state index contributed by atoms with van der Waals surface area (Å²) in [4.78, 5) is 5.96. The first-order chi connectivity index (χ1) is 8.62. The molecular formula is C15H28N2OS. The molecule has 4 heteroatoms. The molecule has 19 heavy (non-hydrogen) atoms. The summed E-state index contributed by atoms with van der Waals surface area (Å²) in [7, 11) is 0. The van der Waals surface area contributed by atoms with Gasteiger partial charge in [0.25, 0.3) is 0 Å². The van der Waals surface area contributed by atoms with Crippen molar-refractivity contribution in [2.24, 2.45) is 5.92 Å². The van der Waals surface area contributed by atoms with Gasteiger partial charge in [-0.1, -0.05) is 34.6 Å². The van der Waals surface area contributed by atoms with Gasteiger partial charge in [0.15, 0.2) is 0 Å². The number of nitrogens with one attached hydrogen (secondary N) is 1. The first kappa shape index (κ1) is 16.6. The molecule has 0 aliphatic carbocycles. The fourth-order valence-corrected chi connectivity index (χ4v) is 2.91. The molecule has 2 N–H and O–H groups in total. The van der Waals surface area contributed by atoms with Gasteiger partial charge < -0.3 is 10.4 Å². The largest absolute Gasteiger partial charge is 0.392 e. The third-order valence-electron chi connectivity index (χ3n) is 3.27. The van der Waals surface area contributed by atoms with E-state index in [1.165, 1.54) is 9.88 Å². The summed E-state index contributed by atoms with van der Waals surface area (Å²) in [5.41, 5.74) is 1.21. The minimum atomic E-state index is -0.294. The van der Waals surface area contributed by atoms with Crippen molar-refractivity contribution in [2.75, 3.05) is 6.54 Å². The quantitative estimate of drug-likeness (QED) is 0.871. The van der Waals surface area contributed by atoms with E-state index in [1.807, 2.05) is 13.8 Å². The lowest BCUT2D eigenvalue weighted by Crippen LogP contribution is -2.32. The van der Waals surface area contributed by atoms with Crippen LogP contribution in [0.25, 0.3) is 0 Å². The third kappa shape index (κ3) is 4.55. The predicted octanol–water partition coefficient (Wildman–Crippen LogP) is 3.42. The van der Waals surface area contributed by atoms with Gasteiger partial charge in [-0.2, -0.15) is 0 Å². The molecule has 0 bridgehead atoms. The number of aromatic nitrogens is 1. The van der Waals surface area contributed by atoms with Crippen LogP contribution < -0.4 is 5.32 Å². The number of hydrogen-bond donors (Lipinski definition) is 2. The van der Waals surface area contributed by atoms with E-state index in [1.54, 1.807) is 11.3 Å². The Morgan fingerprint density at radius 2 is 1.84 bits per heavy atom. The van der Waals surface area contributed by atoms with Crippen LogP contribution in [0.15, 0.2) is 0 Å². The van der Waals surface area contributed by atoms with Gasteiger partial charge in [-0.25, -0.2) is 4.98 Å². The van der Waals surface area contributed by atoms with E-state index < -0.39 is 0 Å². The van der Waals surface area contributed by atoms with Crippen molar-refractivity contribution in [1.29, 1.82) is 0 Å². The summed E-state index contributed by atoms with van der Waals surface area (Å²) in [6.45, 7) is 15.5. The monoisotopic (exact) mass is 284 g/mol. The van der Waals surface area contributed by atoms with Crippen LogP contribution in [0.2, 0.25) is 0 Å². The van der Waals surface area contributed by atoms with E-state index in [0.717, 1.165) is 5.69 Å². The number of thiazole rings is 1. The van der Waals surface area contributed by atoms with Crippen LogP contribution in [-0.4, -0.2) is 22.7 Å². The maximum absolute atomic E-state index is 9.85. The minimum Gasteiger partial charge on any atom is -0.392 e. The van der Waals surface area contributed by atoms with E-state index in [0.29, 0.717) is 6.54 Å². The van der Waals surface area contributed by atoms with Crippen molar-refractivity contribution in [1.82, 2.24) is 10.3 Å². The van der Waals surface area contributed by atoms with Crippen LogP contribution in [0.5, 0.6) is 0 Å². The molecule has 0 aliphatic rings. The Balaban J connectivity index is 2.72. The zero-order valence-corrected chi connectivity index (χ0v) is 14.1. The minimum absolute atomic E-state index is 0.102. The van der Waals surface area contributed by atoms with Crippen molar-refractivity contribution < 1.29 is 5.11 Å². The summed E-state index contributed by atoms with van der Waals surface area (Å²) in [5.74, 6) is 0.285. The average molecular weight is 284 g/mol. The lowest BCUT2D eigenvalue weighted by molar-refractivity contribution is 0.121. The number of aliphatic hydroxyl groups is 1. The first-order valence-corrected chi connectivity index (χ1v) is 7.83. The molecule has 0 aliphatic heterocycles. The lowest BCUT2D eigenvalue weighted by atomic mass is 9.98. The molecule has 3 nitrogen and oxygen atoms in total.